The Labute approximate surface area is 120 Å². The summed E-state index contributed by atoms with van der Waals surface area (Å²) in [6.07, 6.45) is -1.80. The maximum atomic E-state index is 12.6. The molecule has 1 aromatic carbocycles. The zero-order valence-electron chi connectivity index (χ0n) is 11.8. The number of rotatable bonds is 4. The molecule has 3 N–H and O–H groups in total. The van der Waals surface area contributed by atoms with Crippen molar-refractivity contribution in [1.29, 1.82) is 0 Å². The van der Waals surface area contributed by atoms with Crippen LogP contribution < -0.4 is 11.3 Å². The average molecular weight is 298 g/mol. The van der Waals surface area contributed by atoms with Gasteiger partial charge in [-0.15, -0.1) is 0 Å². The van der Waals surface area contributed by atoms with E-state index in [-0.39, 0.29) is 0 Å². The van der Waals surface area contributed by atoms with Crippen molar-refractivity contribution in [3.05, 3.63) is 52.8 Å². The molecule has 0 aliphatic carbocycles. The molecule has 1 atom stereocenters. The molecule has 0 amide bonds. The van der Waals surface area contributed by atoms with E-state index in [1.165, 1.54) is 12.1 Å². The van der Waals surface area contributed by atoms with E-state index >= 15 is 0 Å². The van der Waals surface area contributed by atoms with Crippen LogP contribution in [-0.4, -0.2) is 9.78 Å². The van der Waals surface area contributed by atoms with Crippen molar-refractivity contribution in [2.75, 3.05) is 0 Å². The summed E-state index contributed by atoms with van der Waals surface area (Å²) in [6.45, 7) is 1.96. The highest BCUT2D eigenvalue weighted by Gasteiger charge is 2.30. The van der Waals surface area contributed by atoms with Gasteiger partial charge in [-0.2, -0.15) is 18.3 Å². The normalized spacial score (nSPS) is 13.4. The number of aromatic nitrogens is 2. The molecule has 21 heavy (non-hydrogen) atoms. The van der Waals surface area contributed by atoms with Gasteiger partial charge < -0.3 is 0 Å². The van der Waals surface area contributed by atoms with Gasteiger partial charge in [-0.1, -0.05) is 19.1 Å². The topological polar surface area (TPSA) is 55.9 Å². The van der Waals surface area contributed by atoms with Gasteiger partial charge in [0.05, 0.1) is 17.3 Å². The minimum atomic E-state index is -4.34. The van der Waals surface area contributed by atoms with Crippen LogP contribution in [0.15, 0.2) is 30.5 Å². The van der Waals surface area contributed by atoms with E-state index in [0.717, 1.165) is 29.8 Å². The zero-order valence-corrected chi connectivity index (χ0v) is 11.8. The van der Waals surface area contributed by atoms with Crippen LogP contribution in [0, 0.1) is 0 Å². The minimum Gasteiger partial charge on any atom is -0.275 e. The molecule has 0 saturated heterocycles. The average Bonchev–Trinajstić information content (AvgIpc) is 2.80. The monoisotopic (exact) mass is 298 g/mol. The summed E-state index contributed by atoms with van der Waals surface area (Å²) in [7, 11) is 1.79. The van der Waals surface area contributed by atoms with E-state index in [1.54, 1.807) is 11.7 Å². The summed E-state index contributed by atoms with van der Waals surface area (Å²) in [5.41, 5.74) is 4.35. The van der Waals surface area contributed by atoms with Gasteiger partial charge in [0.1, 0.15) is 0 Å². The summed E-state index contributed by atoms with van der Waals surface area (Å²) >= 11 is 0. The van der Waals surface area contributed by atoms with Gasteiger partial charge in [0, 0.05) is 18.8 Å². The standard InChI is InChI=1S/C14H17F3N4/c1-3-12-11(8-21(2)20-12)13(19-18)9-4-6-10(7-5-9)14(15,16)17/h4-8,13,19H,3,18H2,1-2H3. The van der Waals surface area contributed by atoms with Crippen molar-refractivity contribution in [2.45, 2.75) is 25.6 Å². The van der Waals surface area contributed by atoms with Gasteiger partial charge in [-0.05, 0) is 24.1 Å². The first kappa shape index (κ1) is 15.5. The lowest BCUT2D eigenvalue weighted by molar-refractivity contribution is -0.137. The fourth-order valence-corrected chi connectivity index (χ4v) is 2.30. The summed E-state index contributed by atoms with van der Waals surface area (Å²) in [4.78, 5) is 0. The summed E-state index contributed by atoms with van der Waals surface area (Å²) in [5.74, 6) is 5.58. The number of benzene rings is 1. The molecule has 7 heteroatoms. The summed E-state index contributed by atoms with van der Waals surface area (Å²) < 4.78 is 39.5. The summed E-state index contributed by atoms with van der Waals surface area (Å²) in [5, 5.41) is 4.32. The highest BCUT2D eigenvalue weighted by atomic mass is 19.4. The molecular weight excluding hydrogens is 281 g/mol. The lowest BCUT2D eigenvalue weighted by atomic mass is 9.98. The van der Waals surface area contributed by atoms with Gasteiger partial charge in [0.15, 0.2) is 0 Å². The molecular formula is C14H17F3N4. The van der Waals surface area contributed by atoms with Gasteiger partial charge in [0.2, 0.25) is 0 Å². The Bertz CT molecular complexity index is 602. The second kappa shape index (κ2) is 5.87. The molecule has 0 bridgehead atoms. The molecule has 2 aromatic rings. The van der Waals surface area contributed by atoms with Crippen molar-refractivity contribution in [2.24, 2.45) is 12.9 Å². The summed E-state index contributed by atoms with van der Waals surface area (Å²) in [6, 6.07) is 4.58. The molecule has 0 fully saturated rings. The third-order valence-corrected chi connectivity index (χ3v) is 3.32. The second-order valence-electron chi connectivity index (χ2n) is 4.78. The number of nitrogens with zero attached hydrogens (tertiary/aromatic N) is 2. The Morgan fingerprint density at radius 2 is 1.90 bits per heavy atom. The molecule has 4 nitrogen and oxygen atoms in total. The first-order valence-electron chi connectivity index (χ1n) is 6.52. The molecule has 0 radical (unpaired) electrons. The number of aryl methyl sites for hydroxylation is 2. The minimum absolute atomic E-state index is 0.393. The number of halogens is 3. The molecule has 2 rings (SSSR count). The van der Waals surface area contributed by atoms with Crippen LogP contribution in [0.5, 0.6) is 0 Å². The van der Waals surface area contributed by atoms with Crippen molar-refractivity contribution in [3.63, 3.8) is 0 Å². The highest BCUT2D eigenvalue weighted by molar-refractivity contribution is 5.35. The third kappa shape index (κ3) is 3.25. The van der Waals surface area contributed by atoms with E-state index < -0.39 is 17.8 Å². The Morgan fingerprint density at radius 3 is 2.38 bits per heavy atom. The smallest absolute Gasteiger partial charge is 0.275 e. The maximum absolute atomic E-state index is 12.6. The lowest BCUT2D eigenvalue weighted by Crippen LogP contribution is -2.29. The molecule has 1 aromatic heterocycles. The SMILES string of the molecule is CCc1nn(C)cc1C(NN)c1ccc(C(F)(F)F)cc1. The van der Waals surface area contributed by atoms with Crippen molar-refractivity contribution < 1.29 is 13.2 Å². The fourth-order valence-electron chi connectivity index (χ4n) is 2.30. The maximum Gasteiger partial charge on any atom is 0.416 e. The number of nitrogens with one attached hydrogen (secondary N) is 1. The number of hydrogen-bond acceptors (Lipinski definition) is 3. The lowest BCUT2D eigenvalue weighted by Gasteiger charge is -2.17. The number of hydrogen-bond donors (Lipinski definition) is 2. The first-order valence-corrected chi connectivity index (χ1v) is 6.52. The van der Waals surface area contributed by atoms with Crippen LogP contribution in [0.4, 0.5) is 13.2 Å². The molecule has 0 spiro atoms. The van der Waals surface area contributed by atoms with Crippen LogP contribution in [0.1, 0.15) is 35.3 Å². The predicted octanol–water partition coefficient (Wildman–Crippen LogP) is 2.55. The van der Waals surface area contributed by atoms with Gasteiger partial charge in [-0.3, -0.25) is 10.5 Å². The van der Waals surface area contributed by atoms with Gasteiger partial charge in [0.25, 0.3) is 0 Å². The van der Waals surface area contributed by atoms with Crippen molar-refractivity contribution in [3.8, 4) is 0 Å². The van der Waals surface area contributed by atoms with Crippen LogP contribution in [0.25, 0.3) is 0 Å². The third-order valence-electron chi connectivity index (χ3n) is 3.32. The van der Waals surface area contributed by atoms with E-state index in [0.29, 0.717) is 5.56 Å². The second-order valence-corrected chi connectivity index (χ2v) is 4.78. The van der Waals surface area contributed by atoms with E-state index in [1.807, 2.05) is 13.1 Å². The van der Waals surface area contributed by atoms with E-state index in [9.17, 15) is 13.2 Å². The molecule has 1 unspecified atom stereocenters. The van der Waals surface area contributed by atoms with Crippen LogP contribution >= 0.6 is 0 Å². The van der Waals surface area contributed by atoms with E-state index in [4.69, 9.17) is 5.84 Å². The highest BCUT2D eigenvalue weighted by Crippen LogP contribution is 2.31. The largest absolute Gasteiger partial charge is 0.416 e. The van der Waals surface area contributed by atoms with Crippen LogP contribution in [0.2, 0.25) is 0 Å². The Balaban J connectivity index is 2.37. The first-order chi connectivity index (χ1) is 9.86. The Kier molecular flexibility index (Phi) is 4.34. The fraction of sp³-hybridized carbons (Fsp3) is 0.357. The Morgan fingerprint density at radius 1 is 1.29 bits per heavy atom. The van der Waals surface area contributed by atoms with Crippen molar-refractivity contribution in [1.82, 2.24) is 15.2 Å². The number of hydrazine groups is 1. The quantitative estimate of drug-likeness (QED) is 0.674. The number of alkyl halides is 3. The van der Waals surface area contributed by atoms with Crippen molar-refractivity contribution >= 4 is 0 Å². The zero-order chi connectivity index (χ0) is 15.6. The molecule has 0 aliphatic heterocycles. The molecule has 0 saturated carbocycles. The molecule has 1 heterocycles. The molecule has 114 valence electrons. The van der Waals surface area contributed by atoms with Crippen LogP contribution in [0.3, 0.4) is 0 Å². The molecule has 0 aliphatic rings. The number of nitrogens with two attached hydrogens (primary N) is 1. The predicted molar refractivity (Wildman–Crippen MR) is 73.2 cm³/mol. The Hall–Kier alpha value is -1.86. The van der Waals surface area contributed by atoms with E-state index in [2.05, 4.69) is 10.5 Å². The van der Waals surface area contributed by atoms with Gasteiger partial charge in [-0.25, -0.2) is 5.43 Å². The van der Waals surface area contributed by atoms with Gasteiger partial charge >= 0.3 is 6.18 Å². The van der Waals surface area contributed by atoms with Crippen LogP contribution in [-0.2, 0) is 19.6 Å².